The van der Waals surface area contributed by atoms with E-state index in [-0.39, 0.29) is 23.2 Å². The molecule has 2 bridgehead atoms. The zero-order valence-electron chi connectivity index (χ0n) is 15.5. The fraction of sp³-hybridized carbons (Fsp3) is 0.611. The molecule has 2 aliphatic rings. The van der Waals surface area contributed by atoms with Crippen LogP contribution >= 0.6 is 0 Å². The fourth-order valence-electron chi connectivity index (χ4n) is 4.16. The highest BCUT2D eigenvalue weighted by atomic mass is 32.2. The van der Waals surface area contributed by atoms with Gasteiger partial charge in [-0.05, 0) is 37.8 Å². The maximum atomic E-state index is 13.2. The van der Waals surface area contributed by atoms with Gasteiger partial charge in [-0.25, -0.2) is 8.42 Å². The molecule has 2 unspecified atom stereocenters. The van der Waals surface area contributed by atoms with Crippen molar-refractivity contribution in [3.05, 3.63) is 17.7 Å². The number of fused-ring (bicyclic) bond motifs is 2. The molecule has 0 saturated carbocycles. The number of piperidine rings is 1. The van der Waals surface area contributed by atoms with Crippen molar-refractivity contribution in [1.29, 1.82) is 0 Å². The molecule has 8 heteroatoms. The Labute approximate surface area is 154 Å². The predicted octanol–water partition coefficient (Wildman–Crippen LogP) is 1.89. The number of sulfone groups is 1. The number of methoxy groups -OCH3 is 3. The molecule has 144 valence electrons. The Morgan fingerprint density at radius 2 is 1.50 bits per heavy atom. The molecule has 7 nitrogen and oxygen atoms in total. The molecule has 0 aliphatic carbocycles. The monoisotopic (exact) mass is 383 g/mol. The zero-order chi connectivity index (χ0) is 19.1. The summed E-state index contributed by atoms with van der Waals surface area (Å²) in [4.78, 5) is 15.0. The molecule has 2 fully saturated rings. The first-order valence-corrected chi connectivity index (χ1v) is 10.6. The van der Waals surface area contributed by atoms with E-state index < -0.39 is 9.84 Å². The quantitative estimate of drug-likeness (QED) is 0.772. The van der Waals surface area contributed by atoms with Crippen LogP contribution in [0.3, 0.4) is 0 Å². The van der Waals surface area contributed by atoms with Gasteiger partial charge in [0.1, 0.15) is 9.84 Å². The number of ether oxygens (including phenoxy) is 3. The van der Waals surface area contributed by atoms with Gasteiger partial charge >= 0.3 is 0 Å². The number of nitrogens with zero attached hydrogens (tertiary/aromatic N) is 1. The second kappa shape index (κ2) is 6.98. The van der Waals surface area contributed by atoms with E-state index in [2.05, 4.69) is 0 Å². The Balaban J connectivity index is 1.91. The molecule has 1 aromatic rings. The second-order valence-corrected chi connectivity index (χ2v) is 9.26. The molecule has 1 aromatic carbocycles. The highest BCUT2D eigenvalue weighted by Crippen LogP contribution is 2.42. The van der Waals surface area contributed by atoms with Crippen molar-refractivity contribution in [2.24, 2.45) is 0 Å². The Morgan fingerprint density at radius 1 is 1.00 bits per heavy atom. The first-order chi connectivity index (χ1) is 12.3. The Hall–Kier alpha value is -1.96. The topological polar surface area (TPSA) is 82.1 Å². The van der Waals surface area contributed by atoms with Gasteiger partial charge < -0.3 is 19.1 Å². The number of hydrogen-bond donors (Lipinski definition) is 0. The molecule has 2 heterocycles. The molecule has 2 atom stereocenters. The number of rotatable bonds is 5. The third-order valence-corrected chi connectivity index (χ3v) is 7.04. The Kier molecular flexibility index (Phi) is 5.05. The van der Waals surface area contributed by atoms with E-state index in [0.717, 1.165) is 12.8 Å². The molecular weight excluding hydrogens is 358 g/mol. The summed E-state index contributed by atoms with van der Waals surface area (Å²) in [6, 6.07) is 3.21. The van der Waals surface area contributed by atoms with Gasteiger partial charge in [0.2, 0.25) is 5.75 Å². The van der Waals surface area contributed by atoms with Crippen LogP contribution in [0.15, 0.2) is 12.1 Å². The first kappa shape index (κ1) is 18.8. The molecule has 0 N–H and O–H groups in total. The van der Waals surface area contributed by atoms with Crippen molar-refractivity contribution in [2.75, 3.05) is 27.6 Å². The molecule has 3 rings (SSSR count). The average Bonchev–Trinajstić information content (AvgIpc) is 2.87. The normalized spacial score (nSPS) is 25.1. The minimum absolute atomic E-state index is 0.0416. The lowest BCUT2D eigenvalue weighted by atomic mass is 10.0. The second-order valence-electron chi connectivity index (χ2n) is 6.93. The molecule has 1 amide bonds. The van der Waals surface area contributed by atoms with Crippen LogP contribution in [0.2, 0.25) is 0 Å². The maximum Gasteiger partial charge on any atom is 0.254 e. The molecule has 0 aromatic heterocycles. The van der Waals surface area contributed by atoms with Gasteiger partial charge in [-0.3, -0.25) is 4.79 Å². The standard InChI is InChI=1S/C18H25NO6S/c1-23-15-7-11(8-16(24-2)17(15)25-3)18(20)19-12-5-6-13(19)10-14(9-12)26(4,21)22/h7-8,12-14H,5-6,9-10H2,1-4H3. The first-order valence-electron chi connectivity index (χ1n) is 8.61. The highest BCUT2D eigenvalue weighted by molar-refractivity contribution is 7.91. The van der Waals surface area contributed by atoms with Gasteiger partial charge in [0.25, 0.3) is 5.91 Å². The summed E-state index contributed by atoms with van der Waals surface area (Å²) in [6.07, 6.45) is 3.98. The molecule has 2 saturated heterocycles. The summed E-state index contributed by atoms with van der Waals surface area (Å²) in [5.74, 6) is 1.16. The van der Waals surface area contributed by atoms with Crippen molar-refractivity contribution in [3.8, 4) is 17.2 Å². The van der Waals surface area contributed by atoms with Gasteiger partial charge in [-0.15, -0.1) is 0 Å². The van der Waals surface area contributed by atoms with Crippen LogP contribution in [0.5, 0.6) is 17.2 Å². The van der Waals surface area contributed by atoms with Crippen LogP contribution < -0.4 is 14.2 Å². The molecule has 0 spiro atoms. The largest absolute Gasteiger partial charge is 0.493 e. The smallest absolute Gasteiger partial charge is 0.254 e. The van der Waals surface area contributed by atoms with Crippen molar-refractivity contribution < 1.29 is 27.4 Å². The van der Waals surface area contributed by atoms with Crippen molar-refractivity contribution in [3.63, 3.8) is 0 Å². The van der Waals surface area contributed by atoms with Crippen LogP contribution in [-0.4, -0.2) is 64.1 Å². The van der Waals surface area contributed by atoms with Gasteiger partial charge in [-0.2, -0.15) is 0 Å². The summed E-state index contributed by atoms with van der Waals surface area (Å²) in [7, 11) is 1.44. The number of amides is 1. The Bertz CT molecular complexity index is 767. The lowest BCUT2D eigenvalue weighted by molar-refractivity contribution is 0.0597. The van der Waals surface area contributed by atoms with Crippen molar-refractivity contribution in [2.45, 2.75) is 43.0 Å². The van der Waals surface area contributed by atoms with Crippen LogP contribution in [0.25, 0.3) is 0 Å². The number of carbonyl (C=O) groups excluding carboxylic acids is 1. The maximum absolute atomic E-state index is 13.2. The third kappa shape index (κ3) is 3.22. The molecule has 2 aliphatic heterocycles. The van der Waals surface area contributed by atoms with Crippen LogP contribution in [0.4, 0.5) is 0 Å². The van der Waals surface area contributed by atoms with Gasteiger partial charge in [0.05, 0.1) is 26.6 Å². The SMILES string of the molecule is COc1cc(C(=O)N2C3CCC2CC(S(C)(=O)=O)C3)cc(OC)c1OC. The van der Waals surface area contributed by atoms with E-state index in [1.807, 2.05) is 4.90 Å². The Morgan fingerprint density at radius 3 is 1.88 bits per heavy atom. The van der Waals surface area contributed by atoms with Gasteiger partial charge in [-0.1, -0.05) is 0 Å². The zero-order valence-corrected chi connectivity index (χ0v) is 16.3. The van der Waals surface area contributed by atoms with Crippen molar-refractivity contribution in [1.82, 2.24) is 4.90 Å². The van der Waals surface area contributed by atoms with Gasteiger partial charge in [0, 0.05) is 23.9 Å². The lowest BCUT2D eigenvalue weighted by Gasteiger charge is -2.38. The number of hydrogen-bond acceptors (Lipinski definition) is 6. The minimum Gasteiger partial charge on any atom is -0.493 e. The fourth-order valence-corrected chi connectivity index (χ4v) is 5.31. The van der Waals surface area contributed by atoms with Crippen LogP contribution in [-0.2, 0) is 9.84 Å². The van der Waals surface area contributed by atoms with E-state index in [0.29, 0.717) is 35.7 Å². The van der Waals surface area contributed by atoms with Gasteiger partial charge in [0.15, 0.2) is 11.5 Å². The number of carbonyl (C=O) groups is 1. The predicted molar refractivity (Wildman–Crippen MR) is 96.9 cm³/mol. The summed E-state index contributed by atoms with van der Waals surface area (Å²) in [5, 5.41) is -0.357. The highest BCUT2D eigenvalue weighted by Gasteiger charge is 2.46. The van der Waals surface area contributed by atoms with Crippen LogP contribution in [0.1, 0.15) is 36.0 Å². The summed E-state index contributed by atoms with van der Waals surface area (Å²) in [6.45, 7) is 0. The lowest BCUT2D eigenvalue weighted by Crippen LogP contribution is -2.49. The minimum atomic E-state index is -3.09. The average molecular weight is 383 g/mol. The van der Waals surface area contributed by atoms with E-state index in [1.165, 1.54) is 27.6 Å². The molecule has 26 heavy (non-hydrogen) atoms. The summed E-state index contributed by atoms with van der Waals surface area (Å²) in [5.41, 5.74) is 0.453. The molecular formula is C18H25NO6S. The van der Waals surface area contributed by atoms with E-state index in [1.54, 1.807) is 12.1 Å². The van der Waals surface area contributed by atoms with Crippen molar-refractivity contribution >= 4 is 15.7 Å². The van der Waals surface area contributed by atoms with E-state index in [4.69, 9.17) is 14.2 Å². The van der Waals surface area contributed by atoms with Crippen LogP contribution in [0, 0.1) is 0 Å². The molecule has 0 radical (unpaired) electrons. The van der Waals surface area contributed by atoms with E-state index >= 15 is 0 Å². The van der Waals surface area contributed by atoms with E-state index in [9.17, 15) is 13.2 Å². The summed E-state index contributed by atoms with van der Waals surface area (Å²) >= 11 is 0. The number of benzene rings is 1. The summed E-state index contributed by atoms with van der Waals surface area (Å²) < 4.78 is 39.8. The third-order valence-electron chi connectivity index (χ3n) is 5.44.